The van der Waals surface area contributed by atoms with Crippen LogP contribution < -0.4 is 0 Å². The molecule has 1 heterocycles. The topological polar surface area (TPSA) is 49.8 Å². The molecule has 0 saturated carbocycles. The summed E-state index contributed by atoms with van der Waals surface area (Å²) in [5, 5.41) is 9.45. The van der Waals surface area contributed by atoms with Gasteiger partial charge >= 0.3 is 5.97 Å². The molecular formula is C11H17NO3. The quantitative estimate of drug-likeness (QED) is 0.516. The molecule has 0 aliphatic carbocycles. The van der Waals surface area contributed by atoms with Crippen LogP contribution in [0, 0.1) is 12.3 Å². The molecule has 1 aliphatic rings. The molecule has 0 aromatic heterocycles. The summed E-state index contributed by atoms with van der Waals surface area (Å²) in [6.45, 7) is 3.07. The monoisotopic (exact) mass is 211 g/mol. The number of likely N-dealkylation sites (tertiary alicyclic amines) is 1. The zero-order valence-electron chi connectivity index (χ0n) is 9.19. The lowest BCUT2D eigenvalue weighted by Gasteiger charge is -2.29. The maximum absolute atomic E-state index is 11.4. The van der Waals surface area contributed by atoms with Gasteiger partial charge in [-0.3, -0.25) is 0 Å². The lowest BCUT2D eigenvalue weighted by molar-refractivity contribution is -0.165. The number of piperidine rings is 1. The Hall–Kier alpha value is -1.05. The van der Waals surface area contributed by atoms with E-state index in [9.17, 15) is 9.90 Å². The van der Waals surface area contributed by atoms with Crippen molar-refractivity contribution >= 4 is 5.97 Å². The smallest absolute Gasteiger partial charge is 0.350 e. The van der Waals surface area contributed by atoms with Gasteiger partial charge in [-0.15, -0.1) is 6.42 Å². The van der Waals surface area contributed by atoms with Crippen LogP contribution >= 0.6 is 0 Å². The molecule has 0 spiro atoms. The van der Waals surface area contributed by atoms with E-state index in [1.807, 2.05) is 13.0 Å². The average Bonchev–Trinajstić information content (AvgIpc) is 2.21. The Morgan fingerprint density at radius 2 is 2.13 bits per heavy atom. The summed E-state index contributed by atoms with van der Waals surface area (Å²) in [5.74, 6) is 1.29. The molecule has 0 bridgehead atoms. The Morgan fingerprint density at radius 3 is 2.60 bits per heavy atom. The summed E-state index contributed by atoms with van der Waals surface area (Å²) in [7, 11) is 2.02. The number of terminal acetylenes is 1. The van der Waals surface area contributed by atoms with Crippen molar-refractivity contribution in [1.82, 2.24) is 4.90 Å². The maximum Gasteiger partial charge on any atom is 0.350 e. The summed E-state index contributed by atoms with van der Waals surface area (Å²) >= 11 is 0. The van der Waals surface area contributed by atoms with Gasteiger partial charge in [-0.2, -0.15) is 0 Å². The van der Waals surface area contributed by atoms with E-state index in [2.05, 4.69) is 4.90 Å². The Kier molecular flexibility index (Phi) is 3.72. The lowest BCUT2D eigenvalue weighted by Crippen LogP contribution is -2.41. The first-order valence-corrected chi connectivity index (χ1v) is 5.05. The molecule has 1 saturated heterocycles. The van der Waals surface area contributed by atoms with Gasteiger partial charge < -0.3 is 14.7 Å². The summed E-state index contributed by atoms with van der Waals surface area (Å²) in [4.78, 5) is 13.6. The van der Waals surface area contributed by atoms with Gasteiger partial charge in [0.05, 0.1) is 0 Å². The summed E-state index contributed by atoms with van der Waals surface area (Å²) in [5.41, 5.74) is -1.80. The Labute approximate surface area is 90.2 Å². The lowest BCUT2D eigenvalue weighted by atomic mass is 10.1. The van der Waals surface area contributed by atoms with Crippen molar-refractivity contribution in [3.8, 4) is 12.3 Å². The number of esters is 1. The van der Waals surface area contributed by atoms with E-state index < -0.39 is 11.6 Å². The van der Waals surface area contributed by atoms with Crippen LogP contribution in [0.15, 0.2) is 0 Å². The van der Waals surface area contributed by atoms with E-state index in [-0.39, 0.29) is 6.10 Å². The first kappa shape index (κ1) is 12.0. The third-order valence-electron chi connectivity index (χ3n) is 2.62. The second-order valence-corrected chi connectivity index (χ2v) is 4.12. The van der Waals surface area contributed by atoms with E-state index in [1.54, 1.807) is 0 Å². The number of hydrogen-bond donors (Lipinski definition) is 1. The number of carbonyl (C=O) groups is 1. The third-order valence-corrected chi connectivity index (χ3v) is 2.62. The minimum atomic E-state index is -1.80. The zero-order chi connectivity index (χ0) is 11.5. The highest BCUT2D eigenvalue weighted by Crippen LogP contribution is 2.15. The van der Waals surface area contributed by atoms with E-state index in [0.717, 1.165) is 25.9 Å². The number of ether oxygens (including phenoxy) is 1. The highest BCUT2D eigenvalue weighted by Gasteiger charge is 2.32. The SMILES string of the molecule is C#CC(C)(O)C(=O)OC1CCN(C)CC1. The van der Waals surface area contributed by atoms with Gasteiger partial charge in [0.1, 0.15) is 6.10 Å². The largest absolute Gasteiger partial charge is 0.459 e. The maximum atomic E-state index is 11.4. The normalized spacial score (nSPS) is 22.8. The molecule has 1 unspecified atom stereocenters. The van der Waals surface area contributed by atoms with E-state index in [0.29, 0.717) is 0 Å². The summed E-state index contributed by atoms with van der Waals surface area (Å²) in [6, 6.07) is 0. The van der Waals surface area contributed by atoms with Crippen molar-refractivity contribution in [3.05, 3.63) is 0 Å². The number of nitrogens with zero attached hydrogens (tertiary/aromatic N) is 1. The van der Waals surface area contributed by atoms with Gasteiger partial charge in [0.25, 0.3) is 0 Å². The number of hydrogen-bond acceptors (Lipinski definition) is 4. The zero-order valence-corrected chi connectivity index (χ0v) is 9.19. The molecule has 1 atom stereocenters. The van der Waals surface area contributed by atoms with Crippen LogP contribution in [0.3, 0.4) is 0 Å². The van der Waals surface area contributed by atoms with Gasteiger partial charge in [0.15, 0.2) is 0 Å². The Bertz CT molecular complexity index is 272. The van der Waals surface area contributed by atoms with Crippen molar-refractivity contribution in [2.75, 3.05) is 20.1 Å². The molecule has 15 heavy (non-hydrogen) atoms. The minimum Gasteiger partial charge on any atom is -0.459 e. The molecule has 0 radical (unpaired) electrons. The predicted molar refractivity (Wildman–Crippen MR) is 56.1 cm³/mol. The first-order chi connectivity index (χ1) is 6.95. The number of aliphatic hydroxyl groups is 1. The van der Waals surface area contributed by atoms with Gasteiger partial charge in [0, 0.05) is 13.1 Å². The highest BCUT2D eigenvalue weighted by atomic mass is 16.6. The van der Waals surface area contributed by atoms with Crippen LogP contribution in [0.5, 0.6) is 0 Å². The second-order valence-electron chi connectivity index (χ2n) is 4.12. The minimum absolute atomic E-state index is 0.117. The van der Waals surface area contributed by atoms with Gasteiger partial charge in [-0.05, 0) is 26.8 Å². The molecular weight excluding hydrogens is 194 g/mol. The van der Waals surface area contributed by atoms with E-state index in [4.69, 9.17) is 11.2 Å². The fourth-order valence-electron chi connectivity index (χ4n) is 1.43. The molecule has 1 aliphatic heterocycles. The van der Waals surface area contributed by atoms with Crippen LogP contribution in [0.2, 0.25) is 0 Å². The standard InChI is InChI=1S/C11H17NO3/c1-4-11(2,14)10(13)15-9-5-7-12(3)8-6-9/h1,9,14H,5-8H2,2-3H3. The van der Waals surface area contributed by atoms with Crippen molar-refractivity contribution in [1.29, 1.82) is 0 Å². The Balaban J connectivity index is 2.43. The summed E-state index contributed by atoms with van der Waals surface area (Å²) < 4.78 is 5.14. The second kappa shape index (κ2) is 4.65. The fraction of sp³-hybridized carbons (Fsp3) is 0.727. The van der Waals surface area contributed by atoms with Crippen LogP contribution in [0.25, 0.3) is 0 Å². The van der Waals surface area contributed by atoms with Crippen molar-refractivity contribution in [2.45, 2.75) is 31.5 Å². The fourth-order valence-corrected chi connectivity index (χ4v) is 1.43. The molecule has 1 N–H and O–H groups in total. The first-order valence-electron chi connectivity index (χ1n) is 5.05. The van der Waals surface area contributed by atoms with Crippen LogP contribution in [0.1, 0.15) is 19.8 Å². The summed E-state index contributed by atoms with van der Waals surface area (Å²) in [6.07, 6.45) is 6.50. The van der Waals surface area contributed by atoms with Gasteiger partial charge in [-0.1, -0.05) is 5.92 Å². The van der Waals surface area contributed by atoms with Crippen molar-refractivity contribution < 1.29 is 14.6 Å². The number of rotatable bonds is 2. The van der Waals surface area contributed by atoms with Crippen molar-refractivity contribution in [2.24, 2.45) is 0 Å². The molecule has 0 aromatic rings. The predicted octanol–water partition coefficient (Wildman–Crippen LogP) is 0.00800. The third kappa shape index (κ3) is 3.22. The van der Waals surface area contributed by atoms with Gasteiger partial charge in [-0.25, -0.2) is 4.79 Å². The van der Waals surface area contributed by atoms with Crippen LogP contribution in [-0.4, -0.2) is 47.8 Å². The van der Waals surface area contributed by atoms with Crippen LogP contribution in [0.4, 0.5) is 0 Å². The molecule has 4 nitrogen and oxygen atoms in total. The molecule has 1 rings (SSSR count). The van der Waals surface area contributed by atoms with Crippen LogP contribution in [-0.2, 0) is 9.53 Å². The molecule has 4 heteroatoms. The van der Waals surface area contributed by atoms with E-state index >= 15 is 0 Å². The molecule has 0 amide bonds. The van der Waals surface area contributed by atoms with E-state index in [1.165, 1.54) is 6.92 Å². The molecule has 1 fully saturated rings. The molecule has 84 valence electrons. The van der Waals surface area contributed by atoms with Gasteiger partial charge in [0.2, 0.25) is 5.60 Å². The molecule has 0 aromatic carbocycles. The Morgan fingerprint density at radius 1 is 1.60 bits per heavy atom. The highest BCUT2D eigenvalue weighted by molar-refractivity contribution is 5.82. The van der Waals surface area contributed by atoms with Crippen molar-refractivity contribution in [3.63, 3.8) is 0 Å². The number of carbonyl (C=O) groups excluding carboxylic acids is 1. The average molecular weight is 211 g/mol.